The van der Waals surface area contributed by atoms with E-state index in [1.54, 1.807) is 6.20 Å². The van der Waals surface area contributed by atoms with Gasteiger partial charge in [-0.15, -0.1) is 0 Å². The first-order valence-corrected chi connectivity index (χ1v) is 6.90. The lowest BCUT2D eigenvalue weighted by atomic mass is 10.2. The highest BCUT2D eigenvalue weighted by Crippen LogP contribution is 2.25. The fraction of sp³-hybridized carbons (Fsp3) is 0.267. The van der Waals surface area contributed by atoms with Crippen molar-refractivity contribution in [2.75, 3.05) is 0 Å². The van der Waals surface area contributed by atoms with Gasteiger partial charge in [0.1, 0.15) is 11.6 Å². The second kappa shape index (κ2) is 5.77. The topological polar surface area (TPSA) is 34.1 Å². The van der Waals surface area contributed by atoms with Crippen molar-refractivity contribution in [1.82, 2.24) is 10.3 Å². The first-order valence-electron chi connectivity index (χ1n) is 6.52. The largest absolute Gasteiger partial charge is 0.439 e. The van der Waals surface area contributed by atoms with E-state index >= 15 is 0 Å². The fourth-order valence-electron chi connectivity index (χ4n) is 1.83. The molecule has 1 N–H and O–H groups in total. The number of halogens is 2. The Morgan fingerprint density at radius 3 is 2.90 bits per heavy atom. The van der Waals surface area contributed by atoms with Crippen LogP contribution in [-0.2, 0) is 6.54 Å². The third-order valence-corrected chi connectivity index (χ3v) is 3.37. The molecule has 0 amide bonds. The smallest absolute Gasteiger partial charge is 0.219 e. The zero-order valence-electron chi connectivity index (χ0n) is 10.8. The molecule has 1 heterocycles. The highest BCUT2D eigenvalue weighted by atomic mass is 35.5. The summed E-state index contributed by atoms with van der Waals surface area (Å²) >= 11 is 5.72. The van der Waals surface area contributed by atoms with Gasteiger partial charge in [-0.1, -0.05) is 11.6 Å². The first kappa shape index (κ1) is 13.3. The van der Waals surface area contributed by atoms with Crippen LogP contribution in [0.2, 0.25) is 5.02 Å². The fourth-order valence-corrected chi connectivity index (χ4v) is 2.00. The van der Waals surface area contributed by atoms with Crippen LogP contribution in [0.1, 0.15) is 18.4 Å². The Balaban J connectivity index is 1.69. The molecule has 0 bridgehead atoms. The van der Waals surface area contributed by atoms with E-state index < -0.39 is 5.82 Å². The van der Waals surface area contributed by atoms with E-state index in [1.165, 1.54) is 31.0 Å². The maximum absolute atomic E-state index is 13.1. The number of nitrogens with zero attached hydrogens (tertiary/aromatic N) is 1. The molecule has 1 aromatic carbocycles. The molecular formula is C15H14ClFN2O. The molecule has 2 aromatic rings. The van der Waals surface area contributed by atoms with Gasteiger partial charge in [-0.2, -0.15) is 0 Å². The van der Waals surface area contributed by atoms with Gasteiger partial charge in [-0.05, 0) is 36.6 Å². The minimum Gasteiger partial charge on any atom is -0.439 e. The van der Waals surface area contributed by atoms with Gasteiger partial charge in [-0.25, -0.2) is 9.37 Å². The summed E-state index contributed by atoms with van der Waals surface area (Å²) in [6, 6.07) is 8.71. The monoisotopic (exact) mass is 292 g/mol. The normalized spacial score (nSPS) is 14.3. The second-order valence-electron chi connectivity index (χ2n) is 4.84. The lowest BCUT2D eigenvalue weighted by molar-refractivity contribution is 0.460. The summed E-state index contributed by atoms with van der Waals surface area (Å²) in [4.78, 5) is 4.14. The van der Waals surface area contributed by atoms with Crippen LogP contribution in [0.15, 0.2) is 36.5 Å². The molecule has 1 aliphatic carbocycles. The number of hydrogen-bond acceptors (Lipinski definition) is 3. The van der Waals surface area contributed by atoms with E-state index in [0.717, 1.165) is 12.1 Å². The molecule has 20 heavy (non-hydrogen) atoms. The minimum absolute atomic E-state index is 0.0362. The predicted molar refractivity (Wildman–Crippen MR) is 75.6 cm³/mol. The molecule has 1 fully saturated rings. The average Bonchev–Trinajstić information content (AvgIpc) is 3.25. The number of pyridine rings is 1. The number of hydrogen-bond donors (Lipinski definition) is 1. The third-order valence-electron chi connectivity index (χ3n) is 3.08. The number of nitrogens with one attached hydrogen (secondary N) is 1. The SMILES string of the molecule is Fc1ccc(Oc2cc(CNC3CC3)ccn2)cc1Cl. The molecular weight excluding hydrogens is 279 g/mol. The van der Waals surface area contributed by atoms with Crippen LogP contribution in [0.25, 0.3) is 0 Å². The number of aromatic nitrogens is 1. The summed E-state index contributed by atoms with van der Waals surface area (Å²) in [5.74, 6) is 0.480. The van der Waals surface area contributed by atoms with E-state index in [4.69, 9.17) is 16.3 Å². The Hall–Kier alpha value is -1.65. The second-order valence-corrected chi connectivity index (χ2v) is 5.24. The summed E-state index contributed by atoms with van der Waals surface area (Å²) in [7, 11) is 0. The van der Waals surface area contributed by atoms with Crippen molar-refractivity contribution < 1.29 is 9.13 Å². The van der Waals surface area contributed by atoms with Gasteiger partial charge < -0.3 is 10.1 Å². The summed E-state index contributed by atoms with van der Waals surface area (Å²) < 4.78 is 18.7. The van der Waals surface area contributed by atoms with Crippen LogP contribution in [0, 0.1) is 5.82 Å². The van der Waals surface area contributed by atoms with Crippen molar-refractivity contribution >= 4 is 11.6 Å². The van der Waals surface area contributed by atoms with Crippen molar-refractivity contribution in [3.63, 3.8) is 0 Å². The Morgan fingerprint density at radius 1 is 1.30 bits per heavy atom. The summed E-state index contributed by atoms with van der Waals surface area (Å²) in [6.45, 7) is 0.799. The van der Waals surface area contributed by atoms with E-state index in [2.05, 4.69) is 10.3 Å². The summed E-state index contributed by atoms with van der Waals surface area (Å²) in [5.41, 5.74) is 1.11. The quantitative estimate of drug-likeness (QED) is 0.907. The van der Waals surface area contributed by atoms with Crippen molar-refractivity contribution in [2.24, 2.45) is 0 Å². The lowest BCUT2D eigenvalue weighted by Crippen LogP contribution is -2.15. The number of ether oxygens (including phenoxy) is 1. The van der Waals surface area contributed by atoms with E-state index in [0.29, 0.717) is 17.7 Å². The van der Waals surface area contributed by atoms with E-state index in [9.17, 15) is 4.39 Å². The minimum atomic E-state index is -0.464. The molecule has 0 unspecified atom stereocenters. The summed E-state index contributed by atoms with van der Waals surface area (Å²) in [6.07, 6.45) is 4.20. The van der Waals surface area contributed by atoms with Gasteiger partial charge in [0.15, 0.2) is 0 Å². The Kier molecular flexibility index (Phi) is 3.85. The Labute approximate surface area is 121 Å². The van der Waals surface area contributed by atoms with Gasteiger partial charge in [-0.3, -0.25) is 0 Å². The molecule has 104 valence electrons. The molecule has 0 aliphatic heterocycles. The molecule has 1 aliphatic rings. The maximum atomic E-state index is 13.1. The standard InChI is InChI=1S/C15H14ClFN2O/c16-13-8-12(3-4-14(13)17)20-15-7-10(5-6-18-15)9-19-11-1-2-11/h3-8,11,19H,1-2,9H2. The van der Waals surface area contributed by atoms with E-state index in [-0.39, 0.29) is 5.02 Å². The zero-order chi connectivity index (χ0) is 13.9. The van der Waals surface area contributed by atoms with Gasteiger partial charge in [0.2, 0.25) is 5.88 Å². The van der Waals surface area contributed by atoms with Crippen LogP contribution >= 0.6 is 11.6 Å². The van der Waals surface area contributed by atoms with Gasteiger partial charge in [0.05, 0.1) is 5.02 Å². The average molecular weight is 293 g/mol. The maximum Gasteiger partial charge on any atom is 0.219 e. The van der Waals surface area contributed by atoms with Gasteiger partial charge in [0.25, 0.3) is 0 Å². The van der Waals surface area contributed by atoms with Crippen molar-refractivity contribution in [1.29, 1.82) is 0 Å². The number of rotatable bonds is 5. The number of benzene rings is 1. The molecule has 3 rings (SSSR count). The molecule has 5 heteroatoms. The lowest BCUT2D eigenvalue weighted by Gasteiger charge is -2.08. The molecule has 1 aromatic heterocycles. The molecule has 1 saturated carbocycles. The van der Waals surface area contributed by atoms with Gasteiger partial charge in [0, 0.05) is 30.9 Å². The molecule has 0 saturated heterocycles. The van der Waals surface area contributed by atoms with Crippen LogP contribution in [0.4, 0.5) is 4.39 Å². The van der Waals surface area contributed by atoms with Crippen molar-refractivity contribution in [3.8, 4) is 11.6 Å². The van der Waals surface area contributed by atoms with Crippen LogP contribution < -0.4 is 10.1 Å². The first-order chi connectivity index (χ1) is 9.70. The molecule has 0 radical (unpaired) electrons. The van der Waals surface area contributed by atoms with Crippen LogP contribution in [0.3, 0.4) is 0 Å². The summed E-state index contributed by atoms with van der Waals surface area (Å²) in [5, 5.41) is 3.46. The molecule has 0 atom stereocenters. The van der Waals surface area contributed by atoms with Crippen LogP contribution in [-0.4, -0.2) is 11.0 Å². The Bertz CT molecular complexity index is 617. The zero-order valence-corrected chi connectivity index (χ0v) is 11.5. The molecule has 0 spiro atoms. The van der Waals surface area contributed by atoms with Gasteiger partial charge >= 0.3 is 0 Å². The molecule has 3 nitrogen and oxygen atoms in total. The Morgan fingerprint density at radius 2 is 2.15 bits per heavy atom. The third kappa shape index (κ3) is 3.46. The highest BCUT2D eigenvalue weighted by molar-refractivity contribution is 6.30. The highest BCUT2D eigenvalue weighted by Gasteiger charge is 2.19. The van der Waals surface area contributed by atoms with Crippen molar-refractivity contribution in [2.45, 2.75) is 25.4 Å². The van der Waals surface area contributed by atoms with E-state index in [1.807, 2.05) is 12.1 Å². The van der Waals surface area contributed by atoms with Crippen molar-refractivity contribution in [3.05, 3.63) is 52.9 Å². The predicted octanol–water partition coefficient (Wildman–Crippen LogP) is 3.92. The van der Waals surface area contributed by atoms with Crippen LogP contribution in [0.5, 0.6) is 11.6 Å².